The Bertz CT molecular complexity index is 546. The van der Waals surface area contributed by atoms with E-state index in [1.165, 1.54) is 19.3 Å². The Labute approximate surface area is 132 Å². The maximum Gasteiger partial charge on any atom is 0.306 e. The van der Waals surface area contributed by atoms with Crippen molar-refractivity contribution in [3.8, 4) is 0 Å². The standard InChI is InChI=1S/C14H15Cl2NO4/c1-21-10(7-13(19)20)8-17-12(18)6-5-9-3-2-4-11(15)14(9)16/h2-6,10H,7-8H2,1H3,(H,17,18)(H,19,20)/b6-5+. The second kappa shape index (κ2) is 8.67. The topological polar surface area (TPSA) is 75.6 Å². The highest BCUT2D eigenvalue weighted by molar-refractivity contribution is 6.42. The van der Waals surface area contributed by atoms with Crippen LogP contribution in [-0.4, -0.2) is 36.7 Å². The molecule has 114 valence electrons. The van der Waals surface area contributed by atoms with E-state index in [4.69, 9.17) is 33.0 Å². The smallest absolute Gasteiger partial charge is 0.306 e. The molecule has 0 fully saturated rings. The number of hydrogen-bond acceptors (Lipinski definition) is 3. The molecule has 7 heteroatoms. The maximum absolute atomic E-state index is 11.6. The summed E-state index contributed by atoms with van der Waals surface area (Å²) in [6.45, 7) is 0.106. The first kappa shape index (κ1) is 17.5. The lowest BCUT2D eigenvalue weighted by atomic mass is 10.2. The van der Waals surface area contributed by atoms with Crippen LogP contribution in [0.15, 0.2) is 24.3 Å². The maximum atomic E-state index is 11.6. The minimum atomic E-state index is -0.989. The number of rotatable bonds is 7. The van der Waals surface area contributed by atoms with E-state index >= 15 is 0 Å². The van der Waals surface area contributed by atoms with E-state index in [2.05, 4.69) is 5.32 Å². The number of amides is 1. The number of carboxylic acid groups (broad SMARTS) is 1. The van der Waals surface area contributed by atoms with E-state index in [0.29, 0.717) is 15.6 Å². The number of ether oxygens (including phenoxy) is 1. The van der Waals surface area contributed by atoms with Crippen molar-refractivity contribution in [2.45, 2.75) is 12.5 Å². The van der Waals surface area contributed by atoms with E-state index in [9.17, 15) is 9.59 Å². The summed E-state index contributed by atoms with van der Waals surface area (Å²) in [6, 6.07) is 5.09. The number of benzene rings is 1. The molecular formula is C14H15Cl2NO4. The number of carbonyl (C=O) groups excluding carboxylic acids is 1. The lowest BCUT2D eigenvalue weighted by Crippen LogP contribution is -2.33. The Balaban J connectivity index is 2.55. The molecule has 1 aromatic rings. The predicted molar refractivity (Wildman–Crippen MR) is 81.6 cm³/mol. The number of carbonyl (C=O) groups is 2. The Hall–Kier alpha value is -1.56. The normalized spacial score (nSPS) is 12.3. The fourth-order valence-electron chi connectivity index (χ4n) is 1.52. The van der Waals surface area contributed by atoms with E-state index in [1.54, 1.807) is 18.2 Å². The van der Waals surface area contributed by atoms with Crippen LogP contribution in [0, 0.1) is 0 Å². The van der Waals surface area contributed by atoms with Gasteiger partial charge in [0.05, 0.1) is 22.6 Å². The van der Waals surface area contributed by atoms with Crippen molar-refractivity contribution in [3.05, 3.63) is 39.9 Å². The van der Waals surface area contributed by atoms with Crippen molar-refractivity contribution in [2.75, 3.05) is 13.7 Å². The summed E-state index contributed by atoms with van der Waals surface area (Å²) < 4.78 is 4.95. The Morgan fingerprint density at radius 2 is 2.14 bits per heavy atom. The van der Waals surface area contributed by atoms with Crippen LogP contribution in [0.5, 0.6) is 0 Å². The molecule has 0 heterocycles. The van der Waals surface area contributed by atoms with Crippen LogP contribution in [0.4, 0.5) is 0 Å². The van der Waals surface area contributed by atoms with Gasteiger partial charge >= 0.3 is 5.97 Å². The molecule has 0 saturated carbocycles. The molecular weight excluding hydrogens is 317 g/mol. The highest BCUT2D eigenvalue weighted by atomic mass is 35.5. The monoisotopic (exact) mass is 331 g/mol. The van der Waals surface area contributed by atoms with Gasteiger partial charge in [-0.1, -0.05) is 35.3 Å². The molecule has 21 heavy (non-hydrogen) atoms. The zero-order valence-corrected chi connectivity index (χ0v) is 12.8. The Kier molecular flexibility index (Phi) is 7.22. The minimum absolute atomic E-state index is 0.106. The third-order valence-corrected chi connectivity index (χ3v) is 3.47. The lowest BCUT2D eigenvalue weighted by molar-refractivity contribution is -0.140. The molecule has 0 saturated heterocycles. The first-order valence-electron chi connectivity index (χ1n) is 6.08. The zero-order chi connectivity index (χ0) is 15.8. The summed E-state index contributed by atoms with van der Waals surface area (Å²) >= 11 is 11.8. The predicted octanol–water partition coefficient (Wildman–Crippen LogP) is 2.61. The fourth-order valence-corrected chi connectivity index (χ4v) is 1.89. The quantitative estimate of drug-likeness (QED) is 0.753. The van der Waals surface area contributed by atoms with Gasteiger partial charge in [0, 0.05) is 19.7 Å². The van der Waals surface area contributed by atoms with Gasteiger partial charge in [-0.3, -0.25) is 9.59 Å². The molecule has 0 aliphatic rings. The number of carboxylic acids is 1. The molecule has 0 aliphatic carbocycles. The number of aliphatic carboxylic acids is 1. The van der Waals surface area contributed by atoms with Crippen LogP contribution < -0.4 is 5.32 Å². The van der Waals surface area contributed by atoms with Gasteiger partial charge in [-0.2, -0.15) is 0 Å². The minimum Gasteiger partial charge on any atom is -0.481 e. The zero-order valence-electron chi connectivity index (χ0n) is 11.3. The molecule has 0 aromatic heterocycles. The second-order valence-electron chi connectivity index (χ2n) is 4.18. The van der Waals surface area contributed by atoms with Crippen molar-refractivity contribution < 1.29 is 19.4 Å². The number of halogens is 2. The molecule has 0 bridgehead atoms. The molecule has 5 nitrogen and oxygen atoms in total. The SMILES string of the molecule is COC(CNC(=O)/C=C/c1cccc(Cl)c1Cl)CC(=O)O. The van der Waals surface area contributed by atoms with Gasteiger partial charge in [0.1, 0.15) is 0 Å². The van der Waals surface area contributed by atoms with Crippen molar-refractivity contribution in [1.82, 2.24) is 5.32 Å². The largest absolute Gasteiger partial charge is 0.481 e. The van der Waals surface area contributed by atoms with Crippen molar-refractivity contribution >= 4 is 41.2 Å². The first-order valence-corrected chi connectivity index (χ1v) is 6.84. The van der Waals surface area contributed by atoms with Gasteiger partial charge in [-0.05, 0) is 17.7 Å². The summed E-state index contributed by atoms with van der Waals surface area (Å²) in [7, 11) is 1.39. The number of methoxy groups -OCH3 is 1. The van der Waals surface area contributed by atoms with E-state index in [-0.39, 0.29) is 18.9 Å². The molecule has 0 aliphatic heterocycles. The van der Waals surface area contributed by atoms with Gasteiger partial charge in [-0.25, -0.2) is 0 Å². The van der Waals surface area contributed by atoms with Crippen LogP contribution in [0.3, 0.4) is 0 Å². The van der Waals surface area contributed by atoms with Crippen molar-refractivity contribution in [1.29, 1.82) is 0 Å². The highest BCUT2D eigenvalue weighted by Crippen LogP contribution is 2.26. The van der Waals surface area contributed by atoms with Crippen LogP contribution >= 0.6 is 23.2 Å². The van der Waals surface area contributed by atoms with Crippen LogP contribution in [-0.2, 0) is 14.3 Å². The molecule has 0 radical (unpaired) electrons. The van der Waals surface area contributed by atoms with Gasteiger partial charge in [0.2, 0.25) is 5.91 Å². The number of hydrogen-bond donors (Lipinski definition) is 2. The summed E-state index contributed by atoms with van der Waals surface area (Å²) in [5.41, 5.74) is 0.619. The van der Waals surface area contributed by atoms with Crippen molar-refractivity contribution in [3.63, 3.8) is 0 Å². The van der Waals surface area contributed by atoms with E-state index in [1.807, 2.05) is 0 Å². The van der Waals surface area contributed by atoms with Gasteiger partial charge in [-0.15, -0.1) is 0 Å². The Morgan fingerprint density at radius 3 is 2.76 bits per heavy atom. The molecule has 1 aromatic carbocycles. The Morgan fingerprint density at radius 1 is 1.43 bits per heavy atom. The van der Waals surface area contributed by atoms with E-state index in [0.717, 1.165) is 0 Å². The average Bonchev–Trinajstić information content (AvgIpc) is 2.44. The fraction of sp³-hybridized carbons (Fsp3) is 0.286. The van der Waals surface area contributed by atoms with Gasteiger partial charge in [0.25, 0.3) is 0 Å². The molecule has 1 atom stereocenters. The lowest BCUT2D eigenvalue weighted by Gasteiger charge is -2.12. The third kappa shape index (κ3) is 6.16. The average molecular weight is 332 g/mol. The summed E-state index contributed by atoms with van der Waals surface area (Å²) in [5, 5.41) is 12.0. The van der Waals surface area contributed by atoms with Crippen LogP contribution in [0.1, 0.15) is 12.0 Å². The second-order valence-corrected chi connectivity index (χ2v) is 4.96. The van der Waals surface area contributed by atoms with E-state index < -0.39 is 12.1 Å². The molecule has 0 spiro atoms. The molecule has 1 unspecified atom stereocenters. The molecule has 1 rings (SSSR count). The summed E-state index contributed by atoms with van der Waals surface area (Å²) in [6.07, 6.45) is 2.07. The van der Waals surface area contributed by atoms with Crippen molar-refractivity contribution in [2.24, 2.45) is 0 Å². The van der Waals surface area contributed by atoms with Crippen LogP contribution in [0.25, 0.3) is 6.08 Å². The highest BCUT2D eigenvalue weighted by Gasteiger charge is 2.12. The number of nitrogens with one attached hydrogen (secondary N) is 1. The third-order valence-electron chi connectivity index (χ3n) is 2.64. The molecule has 2 N–H and O–H groups in total. The van der Waals surface area contributed by atoms with Crippen LogP contribution in [0.2, 0.25) is 10.0 Å². The van der Waals surface area contributed by atoms with Gasteiger partial charge < -0.3 is 15.2 Å². The summed E-state index contributed by atoms with van der Waals surface area (Å²) in [5.74, 6) is -1.36. The van der Waals surface area contributed by atoms with Gasteiger partial charge in [0.15, 0.2) is 0 Å². The first-order chi connectivity index (χ1) is 9.93. The molecule has 1 amide bonds. The summed E-state index contributed by atoms with van der Waals surface area (Å²) in [4.78, 5) is 22.2.